The van der Waals surface area contributed by atoms with E-state index in [1.165, 1.54) is 18.4 Å². The average molecular weight is 394 g/mol. The summed E-state index contributed by atoms with van der Waals surface area (Å²) in [5, 5.41) is 3.36. The number of carbonyl (C=O) groups excluding carboxylic acids is 3. The molecular weight excluding hydrogens is 366 g/mol. The summed E-state index contributed by atoms with van der Waals surface area (Å²) in [5.41, 5.74) is 7.01. The molecule has 3 amide bonds. The number of ether oxygens (including phenoxy) is 1. The van der Waals surface area contributed by atoms with Crippen LogP contribution in [-0.2, 0) is 27.2 Å². The van der Waals surface area contributed by atoms with Crippen LogP contribution in [0.1, 0.15) is 59.3 Å². The fourth-order valence-electron chi connectivity index (χ4n) is 4.08. The second-order valence-corrected chi connectivity index (χ2v) is 8.33. The summed E-state index contributed by atoms with van der Waals surface area (Å²) >= 11 is 1.44. The summed E-state index contributed by atoms with van der Waals surface area (Å²) in [6.07, 6.45) is 7.78. The van der Waals surface area contributed by atoms with Gasteiger partial charge in [0.2, 0.25) is 11.8 Å². The zero-order chi connectivity index (χ0) is 19.4. The predicted octanol–water partition coefficient (Wildman–Crippen LogP) is 2.08. The number of hydrogen-bond acceptors (Lipinski definition) is 5. The van der Waals surface area contributed by atoms with Crippen LogP contribution in [0.2, 0.25) is 0 Å². The minimum absolute atomic E-state index is 0.0341. The van der Waals surface area contributed by atoms with Crippen molar-refractivity contribution in [3.05, 3.63) is 16.0 Å². The number of rotatable bonds is 7. The SMILES string of the molecule is COCC(=O)N(CC(=O)Nc1sc2c(c1C(N)=O)CCCC2)C1CCCC1. The molecule has 2 aliphatic rings. The molecule has 7 nitrogen and oxygen atoms in total. The molecule has 0 spiro atoms. The molecule has 0 radical (unpaired) electrons. The smallest absolute Gasteiger partial charge is 0.251 e. The van der Waals surface area contributed by atoms with E-state index in [0.29, 0.717) is 10.6 Å². The molecule has 3 rings (SSSR count). The van der Waals surface area contributed by atoms with Crippen molar-refractivity contribution in [2.45, 2.75) is 57.4 Å². The van der Waals surface area contributed by atoms with E-state index in [9.17, 15) is 14.4 Å². The van der Waals surface area contributed by atoms with Crippen molar-refractivity contribution in [1.29, 1.82) is 0 Å². The van der Waals surface area contributed by atoms with E-state index >= 15 is 0 Å². The number of hydrogen-bond donors (Lipinski definition) is 2. The van der Waals surface area contributed by atoms with E-state index in [0.717, 1.165) is 61.8 Å². The van der Waals surface area contributed by atoms with Crippen LogP contribution < -0.4 is 11.1 Å². The topological polar surface area (TPSA) is 102 Å². The van der Waals surface area contributed by atoms with Gasteiger partial charge < -0.3 is 20.7 Å². The van der Waals surface area contributed by atoms with Crippen LogP contribution >= 0.6 is 11.3 Å². The molecule has 27 heavy (non-hydrogen) atoms. The van der Waals surface area contributed by atoms with Gasteiger partial charge in [-0.1, -0.05) is 12.8 Å². The maximum atomic E-state index is 12.7. The molecule has 1 heterocycles. The Morgan fingerprint density at radius 2 is 1.89 bits per heavy atom. The number of carbonyl (C=O) groups is 3. The maximum Gasteiger partial charge on any atom is 0.251 e. The van der Waals surface area contributed by atoms with Gasteiger partial charge in [-0.05, 0) is 44.1 Å². The molecule has 0 saturated heterocycles. The minimum Gasteiger partial charge on any atom is -0.375 e. The lowest BCUT2D eigenvalue weighted by atomic mass is 9.95. The van der Waals surface area contributed by atoms with Gasteiger partial charge in [0.1, 0.15) is 18.2 Å². The molecule has 0 atom stereocenters. The number of amides is 3. The van der Waals surface area contributed by atoms with Crippen molar-refractivity contribution in [2.24, 2.45) is 5.73 Å². The Labute approximate surface area is 163 Å². The van der Waals surface area contributed by atoms with Crippen molar-refractivity contribution in [1.82, 2.24) is 4.90 Å². The molecule has 0 aliphatic heterocycles. The Morgan fingerprint density at radius 3 is 2.56 bits per heavy atom. The van der Waals surface area contributed by atoms with Gasteiger partial charge in [-0.15, -0.1) is 11.3 Å². The molecule has 0 aromatic carbocycles. The second kappa shape index (κ2) is 8.84. The molecule has 1 aromatic heterocycles. The van der Waals surface area contributed by atoms with Crippen molar-refractivity contribution in [3.8, 4) is 0 Å². The molecule has 1 fully saturated rings. The Morgan fingerprint density at radius 1 is 1.19 bits per heavy atom. The lowest BCUT2D eigenvalue weighted by Gasteiger charge is -2.28. The number of methoxy groups -OCH3 is 1. The van der Waals surface area contributed by atoms with E-state index in [1.807, 2.05) is 0 Å². The van der Waals surface area contributed by atoms with Crippen LogP contribution in [0, 0.1) is 0 Å². The molecule has 1 aromatic rings. The second-order valence-electron chi connectivity index (χ2n) is 7.22. The number of nitrogens with two attached hydrogens (primary N) is 1. The fourth-order valence-corrected chi connectivity index (χ4v) is 5.39. The van der Waals surface area contributed by atoms with Crippen LogP contribution in [-0.4, -0.2) is 48.9 Å². The third kappa shape index (κ3) is 4.50. The standard InChI is InChI=1S/C19H27N3O4S/c1-26-11-16(24)22(12-6-2-3-7-12)10-15(23)21-19-17(18(20)25)13-8-4-5-9-14(13)27-19/h12H,2-11H2,1H3,(H2,20,25)(H,21,23). The van der Waals surface area contributed by atoms with Crippen molar-refractivity contribution < 1.29 is 19.1 Å². The highest BCUT2D eigenvalue weighted by Crippen LogP contribution is 2.38. The lowest BCUT2D eigenvalue weighted by molar-refractivity contribution is -0.140. The summed E-state index contributed by atoms with van der Waals surface area (Å²) in [4.78, 5) is 39.8. The zero-order valence-electron chi connectivity index (χ0n) is 15.7. The number of aryl methyl sites for hydroxylation is 1. The Hall–Kier alpha value is -1.93. The van der Waals surface area contributed by atoms with E-state index in [1.54, 1.807) is 4.90 Å². The number of fused-ring (bicyclic) bond motifs is 1. The molecule has 1 saturated carbocycles. The minimum atomic E-state index is -0.507. The largest absolute Gasteiger partial charge is 0.375 e. The van der Waals surface area contributed by atoms with E-state index in [-0.39, 0.29) is 31.0 Å². The van der Waals surface area contributed by atoms with Gasteiger partial charge >= 0.3 is 0 Å². The summed E-state index contributed by atoms with van der Waals surface area (Å²) < 4.78 is 4.97. The number of nitrogens with one attached hydrogen (secondary N) is 1. The highest BCUT2D eigenvalue weighted by Gasteiger charge is 2.30. The quantitative estimate of drug-likeness (QED) is 0.740. The molecule has 0 bridgehead atoms. The first kappa shape index (κ1) is 19.8. The molecule has 0 unspecified atom stereocenters. The van der Waals surface area contributed by atoms with Crippen LogP contribution in [0.3, 0.4) is 0 Å². The van der Waals surface area contributed by atoms with E-state index < -0.39 is 5.91 Å². The van der Waals surface area contributed by atoms with Crippen molar-refractivity contribution in [2.75, 3.05) is 25.6 Å². The van der Waals surface area contributed by atoms with Gasteiger partial charge in [-0.2, -0.15) is 0 Å². The highest BCUT2D eigenvalue weighted by molar-refractivity contribution is 7.17. The van der Waals surface area contributed by atoms with E-state index in [2.05, 4.69) is 5.32 Å². The van der Waals surface area contributed by atoms with Gasteiger partial charge in [0.05, 0.1) is 5.56 Å². The third-order valence-electron chi connectivity index (χ3n) is 5.34. The highest BCUT2D eigenvalue weighted by atomic mass is 32.1. The van der Waals surface area contributed by atoms with Gasteiger partial charge in [-0.3, -0.25) is 14.4 Å². The summed E-state index contributed by atoms with van der Waals surface area (Å²) in [7, 11) is 1.47. The third-order valence-corrected chi connectivity index (χ3v) is 6.55. The molecule has 148 valence electrons. The Balaban J connectivity index is 1.75. The van der Waals surface area contributed by atoms with Crippen molar-refractivity contribution >= 4 is 34.1 Å². The van der Waals surface area contributed by atoms with Crippen LogP contribution in [0.25, 0.3) is 0 Å². The first-order valence-corrected chi connectivity index (χ1v) is 10.4. The van der Waals surface area contributed by atoms with Gasteiger partial charge in [0, 0.05) is 18.0 Å². The summed E-state index contributed by atoms with van der Waals surface area (Å²) in [6, 6.07) is 0.0746. The Kier molecular flexibility index (Phi) is 6.49. The summed E-state index contributed by atoms with van der Waals surface area (Å²) in [5.74, 6) is -0.986. The van der Waals surface area contributed by atoms with Crippen molar-refractivity contribution in [3.63, 3.8) is 0 Å². The average Bonchev–Trinajstić information content (AvgIpc) is 3.27. The molecule has 8 heteroatoms. The number of primary amides is 1. The first-order chi connectivity index (χ1) is 13.0. The molecular formula is C19H27N3O4S. The number of thiophene rings is 1. The Bertz CT molecular complexity index is 725. The number of anilines is 1. The lowest BCUT2D eigenvalue weighted by Crippen LogP contribution is -2.45. The fraction of sp³-hybridized carbons (Fsp3) is 0.632. The predicted molar refractivity (Wildman–Crippen MR) is 104 cm³/mol. The zero-order valence-corrected chi connectivity index (χ0v) is 16.5. The normalized spacial score (nSPS) is 16.8. The maximum absolute atomic E-state index is 12.7. The van der Waals surface area contributed by atoms with Gasteiger partial charge in [0.25, 0.3) is 5.91 Å². The van der Waals surface area contributed by atoms with E-state index in [4.69, 9.17) is 10.5 Å². The first-order valence-electron chi connectivity index (χ1n) is 9.53. The summed E-state index contributed by atoms with van der Waals surface area (Å²) in [6.45, 7) is -0.0722. The van der Waals surface area contributed by atoms with Crippen LogP contribution in [0.4, 0.5) is 5.00 Å². The van der Waals surface area contributed by atoms with Gasteiger partial charge in [-0.25, -0.2) is 0 Å². The van der Waals surface area contributed by atoms with Crippen LogP contribution in [0.5, 0.6) is 0 Å². The van der Waals surface area contributed by atoms with Crippen LogP contribution in [0.15, 0.2) is 0 Å². The van der Waals surface area contributed by atoms with Gasteiger partial charge in [0.15, 0.2) is 0 Å². The molecule has 2 aliphatic carbocycles. The molecule has 3 N–H and O–H groups in total. The number of nitrogens with zero attached hydrogens (tertiary/aromatic N) is 1. The monoisotopic (exact) mass is 393 g/mol.